The molecule has 0 radical (unpaired) electrons. The summed E-state index contributed by atoms with van der Waals surface area (Å²) in [4.78, 5) is 11.6. The summed E-state index contributed by atoms with van der Waals surface area (Å²) >= 11 is 0. The van der Waals surface area contributed by atoms with E-state index in [2.05, 4.69) is 52.8 Å². The molecular formula is C25H34O4. The lowest BCUT2D eigenvalue weighted by molar-refractivity contribution is -0.133. The molecule has 0 saturated carbocycles. The Morgan fingerprint density at radius 2 is 2.03 bits per heavy atom. The van der Waals surface area contributed by atoms with Crippen LogP contribution in [0.4, 0.5) is 0 Å². The number of phenolic OH excluding ortho intramolecular Hbond substituents is 1. The van der Waals surface area contributed by atoms with Gasteiger partial charge in [-0.1, -0.05) is 39.0 Å². The Hall–Kier alpha value is -2.23. The van der Waals surface area contributed by atoms with Gasteiger partial charge in [-0.05, 0) is 69.1 Å². The first-order valence-corrected chi connectivity index (χ1v) is 10.7. The molecule has 0 unspecified atom stereocenters. The number of allylic oxidation sites excluding steroid dienone is 3. The molecule has 1 aromatic carbocycles. The fraction of sp³-hybridized carbons (Fsp3) is 0.560. The van der Waals surface area contributed by atoms with E-state index in [1.54, 1.807) is 0 Å². The maximum absolute atomic E-state index is 11.6. The van der Waals surface area contributed by atoms with Crippen LogP contribution in [0.2, 0.25) is 0 Å². The van der Waals surface area contributed by atoms with Gasteiger partial charge in [-0.15, -0.1) is 0 Å². The van der Waals surface area contributed by atoms with Crippen molar-refractivity contribution in [2.45, 2.75) is 83.7 Å². The van der Waals surface area contributed by atoms with E-state index < -0.39 is 11.6 Å². The molecule has 29 heavy (non-hydrogen) atoms. The zero-order valence-electron chi connectivity index (χ0n) is 18.3. The summed E-state index contributed by atoms with van der Waals surface area (Å²) in [6, 6.07) is 3.93. The second-order valence-corrected chi connectivity index (χ2v) is 9.60. The molecule has 0 amide bonds. The van der Waals surface area contributed by atoms with Gasteiger partial charge in [-0.25, -0.2) is 4.79 Å². The number of aliphatic carboxylic acids is 1. The Kier molecular flexibility index (Phi) is 5.84. The number of benzene rings is 1. The first kappa shape index (κ1) is 21.5. The third-order valence-corrected chi connectivity index (χ3v) is 6.70. The third kappa shape index (κ3) is 4.22. The average molecular weight is 399 g/mol. The van der Waals surface area contributed by atoms with Gasteiger partial charge in [0.15, 0.2) is 0 Å². The second kappa shape index (κ2) is 7.89. The minimum absolute atomic E-state index is 0.0468. The number of hydrogen-bond donors (Lipinski definition) is 2. The number of carboxylic acid groups (broad SMARTS) is 1. The summed E-state index contributed by atoms with van der Waals surface area (Å²) in [5.41, 5.74) is 1.73. The van der Waals surface area contributed by atoms with E-state index in [0.717, 1.165) is 30.4 Å². The van der Waals surface area contributed by atoms with Crippen molar-refractivity contribution in [1.82, 2.24) is 0 Å². The molecule has 3 rings (SSSR count). The number of aromatic hydroxyl groups is 1. The average Bonchev–Trinajstić information content (AvgIpc) is 2.64. The zero-order chi connectivity index (χ0) is 21.4. The van der Waals surface area contributed by atoms with Crippen molar-refractivity contribution < 1.29 is 19.7 Å². The summed E-state index contributed by atoms with van der Waals surface area (Å²) < 4.78 is 6.39. The van der Waals surface area contributed by atoms with Gasteiger partial charge in [0.05, 0.1) is 0 Å². The van der Waals surface area contributed by atoms with Crippen LogP contribution in [-0.2, 0) is 10.2 Å². The fourth-order valence-corrected chi connectivity index (χ4v) is 4.83. The maximum atomic E-state index is 11.6. The van der Waals surface area contributed by atoms with Gasteiger partial charge in [0.1, 0.15) is 17.1 Å². The normalized spacial score (nSPS) is 23.1. The number of hydrogen-bond acceptors (Lipinski definition) is 3. The topological polar surface area (TPSA) is 66.8 Å². The van der Waals surface area contributed by atoms with Crippen LogP contribution >= 0.6 is 0 Å². The van der Waals surface area contributed by atoms with Crippen LogP contribution in [0.3, 0.4) is 0 Å². The molecule has 0 bridgehead atoms. The standard InChI is InChI=1S/C25H34O4/c1-6-7-8-9-12-24(2,3)17-14-20(26)22-18-13-16(23(27)28)10-11-19(18)25(4,5)29-21(22)15-17/h7-8,10,14-15,18-19,26H,6,9,11-13H2,1-5H3,(H,27,28)/b8-7-/t18-,19-/m1/s1. The molecule has 4 nitrogen and oxygen atoms in total. The van der Waals surface area contributed by atoms with Crippen molar-refractivity contribution in [2.24, 2.45) is 5.92 Å². The predicted molar refractivity (Wildman–Crippen MR) is 116 cm³/mol. The third-order valence-electron chi connectivity index (χ3n) is 6.70. The summed E-state index contributed by atoms with van der Waals surface area (Å²) in [6.07, 6.45) is 10.3. The van der Waals surface area contributed by atoms with Crippen LogP contribution in [0.5, 0.6) is 11.5 Å². The summed E-state index contributed by atoms with van der Waals surface area (Å²) in [6.45, 7) is 10.6. The molecule has 0 spiro atoms. The van der Waals surface area contributed by atoms with Crippen molar-refractivity contribution in [1.29, 1.82) is 0 Å². The van der Waals surface area contributed by atoms with Gasteiger partial charge in [0.2, 0.25) is 0 Å². The van der Waals surface area contributed by atoms with E-state index in [9.17, 15) is 15.0 Å². The quantitative estimate of drug-likeness (QED) is 0.569. The second-order valence-electron chi connectivity index (χ2n) is 9.60. The van der Waals surface area contributed by atoms with Gasteiger partial charge in [-0.3, -0.25) is 0 Å². The molecule has 1 aliphatic carbocycles. The van der Waals surface area contributed by atoms with Crippen LogP contribution in [-0.4, -0.2) is 21.8 Å². The van der Waals surface area contributed by atoms with Gasteiger partial charge in [0.25, 0.3) is 0 Å². The number of carbonyl (C=O) groups is 1. The van der Waals surface area contributed by atoms with E-state index in [-0.39, 0.29) is 23.0 Å². The first-order chi connectivity index (χ1) is 13.6. The van der Waals surface area contributed by atoms with Crippen LogP contribution in [0.25, 0.3) is 0 Å². The minimum atomic E-state index is -0.869. The highest BCUT2D eigenvalue weighted by Gasteiger charge is 2.47. The number of rotatable bonds is 6. The van der Waals surface area contributed by atoms with Crippen molar-refractivity contribution >= 4 is 5.97 Å². The Bertz CT molecular complexity index is 845. The molecule has 4 heteroatoms. The monoisotopic (exact) mass is 398 g/mol. The molecular weight excluding hydrogens is 364 g/mol. The molecule has 2 N–H and O–H groups in total. The highest BCUT2D eigenvalue weighted by molar-refractivity contribution is 5.87. The molecule has 1 aliphatic heterocycles. The highest BCUT2D eigenvalue weighted by Crippen LogP contribution is 2.55. The van der Waals surface area contributed by atoms with Gasteiger partial charge < -0.3 is 14.9 Å². The first-order valence-electron chi connectivity index (χ1n) is 10.7. The van der Waals surface area contributed by atoms with E-state index >= 15 is 0 Å². The highest BCUT2D eigenvalue weighted by atomic mass is 16.5. The van der Waals surface area contributed by atoms with Crippen LogP contribution in [0.1, 0.15) is 83.8 Å². The lowest BCUT2D eigenvalue weighted by Gasteiger charge is -2.47. The summed E-state index contributed by atoms with van der Waals surface area (Å²) in [7, 11) is 0. The van der Waals surface area contributed by atoms with Crippen LogP contribution < -0.4 is 4.74 Å². The minimum Gasteiger partial charge on any atom is -0.508 e. The molecule has 0 fully saturated rings. The summed E-state index contributed by atoms with van der Waals surface area (Å²) in [5.74, 6) is 0.157. The smallest absolute Gasteiger partial charge is 0.331 e. The van der Waals surface area contributed by atoms with E-state index in [0.29, 0.717) is 24.2 Å². The molecule has 1 aromatic rings. The fourth-order valence-electron chi connectivity index (χ4n) is 4.83. The van der Waals surface area contributed by atoms with Crippen LogP contribution in [0.15, 0.2) is 35.9 Å². The molecule has 158 valence electrons. The van der Waals surface area contributed by atoms with Crippen molar-refractivity contribution in [2.75, 3.05) is 0 Å². The predicted octanol–water partition coefficient (Wildman–Crippen LogP) is 6.09. The van der Waals surface area contributed by atoms with Crippen molar-refractivity contribution in [3.63, 3.8) is 0 Å². The van der Waals surface area contributed by atoms with Crippen molar-refractivity contribution in [3.8, 4) is 11.5 Å². The van der Waals surface area contributed by atoms with E-state index in [1.807, 2.05) is 12.1 Å². The van der Waals surface area contributed by atoms with Crippen LogP contribution in [0, 0.1) is 5.92 Å². The largest absolute Gasteiger partial charge is 0.508 e. The van der Waals surface area contributed by atoms with Gasteiger partial charge in [0, 0.05) is 23.0 Å². The van der Waals surface area contributed by atoms with Gasteiger partial charge in [-0.2, -0.15) is 0 Å². The number of ether oxygens (including phenoxy) is 1. The summed E-state index contributed by atoms with van der Waals surface area (Å²) in [5, 5.41) is 20.5. The Labute approximate surface area is 174 Å². The zero-order valence-corrected chi connectivity index (χ0v) is 18.3. The molecule has 2 atom stereocenters. The SMILES string of the molecule is CC/C=C\CCC(C)(C)c1cc(O)c2c(c1)OC(C)(C)[C@@H]1CC=C(C(=O)O)C[C@@H]21. The molecule has 1 heterocycles. The number of carboxylic acids is 1. The Morgan fingerprint density at radius 3 is 2.69 bits per heavy atom. The van der Waals surface area contributed by atoms with E-state index in [4.69, 9.17) is 4.74 Å². The maximum Gasteiger partial charge on any atom is 0.331 e. The number of phenols is 1. The number of fused-ring (bicyclic) bond motifs is 3. The Morgan fingerprint density at radius 1 is 1.31 bits per heavy atom. The van der Waals surface area contributed by atoms with Crippen molar-refractivity contribution in [3.05, 3.63) is 47.1 Å². The van der Waals surface area contributed by atoms with E-state index in [1.165, 1.54) is 0 Å². The van der Waals surface area contributed by atoms with Gasteiger partial charge >= 0.3 is 5.97 Å². The molecule has 0 aromatic heterocycles. The molecule has 0 saturated heterocycles. The Balaban J connectivity index is 1.98. The lowest BCUT2D eigenvalue weighted by Crippen LogP contribution is -2.46. The molecule has 2 aliphatic rings. The lowest BCUT2D eigenvalue weighted by atomic mass is 9.66.